The van der Waals surface area contributed by atoms with Crippen LogP contribution >= 0.6 is 0 Å². The molecule has 1 aromatic rings. The highest BCUT2D eigenvalue weighted by molar-refractivity contribution is 5.94. The number of amides is 1. The minimum absolute atomic E-state index is 0.322. The number of anilines is 1. The van der Waals surface area contributed by atoms with E-state index in [-0.39, 0.29) is 0 Å². The van der Waals surface area contributed by atoms with Gasteiger partial charge in [-0.15, -0.1) is 0 Å². The summed E-state index contributed by atoms with van der Waals surface area (Å²) in [4.78, 5) is 14.7. The van der Waals surface area contributed by atoms with Crippen molar-refractivity contribution in [2.75, 3.05) is 24.5 Å². The molecule has 114 valence electrons. The lowest BCUT2D eigenvalue weighted by Gasteiger charge is -2.26. The van der Waals surface area contributed by atoms with Crippen LogP contribution in [-0.4, -0.2) is 25.5 Å². The first-order chi connectivity index (χ1) is 10.3. The molecule has 1 amide bonds. The summed E-state index contributed by atoms with van der Waals surface area (Å²) in [5.74, 6) is 1.06. The lowest BCUT2D eigenvalue weighted by molar-refractivity contribution is -0.119. The van der Waals surface area contributed by atoms with Crippen molar-refractivity contribution in [1.82, 2.24) is 5.32 Å². The Morgan fingerprint density at radius 2 is 2.00 bits per heavy atom. The van der Waals surface area contributed by atoms with E-state index in [0.29, 0.717) is 12.3 Å². The van der Waals surface area contributed by atoms with Crippen LogP contribution in [-0.2, 0) is 11.2 Å². The van der Waals surface area contributed by atoms with E-state index >= 15 is 0 Å². The maximum atomic E-state index is 12.7. The third-order valence-electron chi connectivity index (χ3n) is 4.89. The predicted octanol–water partition coefficient (Wildman–Crippen LogP) is 3.14. The second kappa shape index (κ2) is 7.08. The van der Waals surface area contributed by atoms with Crippen molar-refractivity contribution in [2.24, 2.45) is 5.92 Å². The van der Waals surface area contributed by atoms with Gasteiger partial charge in [0.25, 0.3) is 0 Å². The van der Waals surface area contributed by atoms with Crippen molar-refractivity contribution in [1.29, 1.82) is 0 Å². The topological polar surface area (TPSA) is 32.3 Å². The van der Waals surface area contributed by atoms with Crippen molar-refractivity contribution in [3.63, 3.8) is 0 Å². The number of nitrogens with zero attached hydrogens (tertiary/aromatic N) is 1. The largest absolute Gasteiger partial charge is 0.317 e. The Hall–Kier alpha value is -1.35. The lowest BCUT2D eigenvalue weighted by atomic mass is 9.93. The molecule has 2 aliphatic heterocycles. The Kier molecular flexibility index (Phi) is 4.91. The van der Waals surface area contributed by atoms with Crippen LogP contribution in [0.1, 0.15) is 44.1 Å². The minimum Gasteiger partial charge on any atom is -0.317 e. The quantitative estimate of drug-likeness (QED) is 0.926. The number of carbonyl (C=O) groups is 1. The molecule has 1 aromatic carbocycles. The number of piperidine rings is 1. The normalized spacial score (nSPS) is 19.9. The van der Waals surface area contributed by atoms with Gasteiger partial charge in [-0.05, 0) is 69.2 Å². The van der Waals surface area contributed by atoms with E-state index in [9.17, 15) is 4.79 Å². The van der Waals surface area contributed by atoms with Gasteiger partial charge in [0, 0.05) is 18.7 Å². The Morgan fingerprint density at radius 1 is 1.19 bits per heavy atom. The summed E-state index contributed by atoms with van der Waals surface area (Å²) in [6.07, 6.45) is 7.63. The first kappa shape index (κ1) is 14.6. The van der Waals surface area contributed by atoms with Gasteiger partial charge in [0.15, 0.2) is 0 Å². The zero-order valence-corrected chi connectivity index (χ0v) is 12.8. The number of aryl methyl sites for hydroxylation is 1. The highest BCUT2D eigenvalue weighted by Crippen LogP contribution is 2.27. The Balaban J connectivity index is 1.63. The molecule has 21 heavy (non-hydrogen) atoms. The first-order valence-electron chi connectivity index (χ1n) is 8.43. The van der Waals surface area contributed by atoms with Gasteiger partial charge in [0.1, 0.15) is 0 Å². The molecular formula is C18H26N2O. The maximum absolute atomic E-state index is 12.7. The van der Waals surface area contributed by atoms with E-state index in [2.05, 4.69) is 29.6 Å². The molecule has 0 spiro atoms. The van der Waals surface area contributed by atoms with Crippen LogP contribution in [0.15, 0.2) is 24.3 Å². The molecule has 0 aliphatic carbocycles. The van der Waals surface area contributed by atoms with Crippen molar-refractivity contribution < 1.29 is 4.79 Å². The molecule has 0 bridgehead atoms. The first-order valence-corrected chi connectivity index (χ1v) is 8.43. The highest BCUT2D eigenvalue weighted by Gasteiger charge is 2.22. The second-order valence-corrected chi connectivity index (χ2v) is 6.36. The molecule has 0 unspecified atom stereocenters. The molecule has 2 aliphatic rings. The summed E-state index contributed by atoms with van der Waals surface area (Å²) in [5.41, 5.74) is 2.50. The molecule has 1 N–H and O–H groups in total. The van der Waals surface area contributed by atoms with Gasteiger partial charge >= 0.3 is 0 Å². The van der Waals surface area contributed by atoms with Gasteiger partial charge in [-0.25, -0.2) is 0 Å². The maximum Gasteiger partial charge on any atom is 0.226 e. The zero-order chi connectivity index (χ0) is 14.5. The van der Waals surface area contributed by atoms with Crippen LogP contribution in [0.5, 0.6) is 0 Å². The molecule has 0 radical (unpaired) electrons. The van der Waals surface area contributed by atoms with Crippen molar-refractivity contribution in [3.05, 3.63) is 29.8 Å². The number of hydrogen-bond donors (Lipinski definition) is 1. The van der Waals surface area contributed by atoms with Crippen LogP contribution in [0, 0.1) is 5.92 Å². The van der Waals surface area contributed by atoms with Crippen LogP contribution in [0.3, 0.4) is 0 Å². The van der Waals surface area contributed by atoms with E-state index in [1.54, 1.807) is 0 Å². The van der Waals surface area contributed by atoms with E-state index in [4.69, 9.17) is 0 Å². The smallest absolute Gasteiger partial charge is 0.226 e. The number of fused-ring (bicyclic) bond motifs is 1. The molecule has 3 heteroatoms. The SMILES string of the molecule is O=C(CCC1CCNCC1)N1CCCCc2ccccc21. The van der Waals surface area contributed by atoms with E-state index in [1.807, 2.05) is 4.90 Å². The summed E-state index contributed by atoms with van der Waals surface area (Å²) >= 11 is 0. The van der Waals surface area contributed by atoms with Crippen LogP contribution in [0.25, 0.3) is 0 Å². The van der Waals surface area contributed by atoms with E-state index in [1.165, 1.54) is 24.8 Å². The summed E-state index contributed by atoms with van der Waals surface area (Å²) in [5, 5.41) is 3.39. The number of para-hydroxylation sites is 1. The second-order valence-electron chi connectivity index (χ2n) is 6.36. The standard InChI is InChI=1S/C18H26N2O/c21-18(9-8-15-10-12-19-13-11-15)20-14-4-3-6-16-5-1-2-7-17(16)20/h1-2,5,7,15,19H,3-4,6,8-14H2. The molecule has 0 atom stereocenters. The van der Waals surface area contributed by atoms with Gasteiger partial charge < -0.3 is 10.2 Å². The molecule has 3 rings (SSSR count). The fraction of sp³-hybridized carbons (Fsp3) is 0.611. The van der Waals surface area contributed by atoms with E-state index in [0.717, 1.165) is 50.5 Å². The third kappa shape index (κ3) is 3.65. The fourth-order valence-electron chi connectivity index (χ4n) is 3.58. The molecule has 1 saturated heterocycles. The number of hydrogen-bond acceptors (Lipinski definition) is 2. The average molecular weight is 286 g/mol. The fourth-order valence-corrected chi connectivity index (χ4v) is 3.58. The Morgan fingerprint density at radius 3 is 2.86 bits per heavy atom. The van der Waals surface area contributed by atoms with Crippen LogP contribution in [0.4, 0.5) is 5.69 Å². The molecule has 3 nitrogen and oxygen atoms in total. The van der Waals surface area contributed by atoms with Crippen molar-refractivity contribution in [2.45, 2.75) is 44.9 Å². The third-order valence-corrected chi connectivity index (χ3v) is 4.89. The number of carbonyl (C=O) groups excluding carboxylic acids is 1. The number of rotatable bonds is 3. The number of nitrogens with one attached hydrogen (secondary N) is 1. The molecule has 2 heterocycles. The van der Waals surface area contributed by atoms with Gasteiger partial charge in [-0.2, -0.15) is 0 Å². The average Bonchev–Trinajstić information content (AvgIpc) is 2.76. The number of benzene rings is 1. The van der Waals surface area contributed by atoms with Gasteiger partial charge in [-0.1, -0.05) is 18.2 Å². The summed E-state index contributed by atoms with van der Waals surface area (Å²) < 4.78 is 0. The van der Waals surface area contributed by atoms with Gasteiger partial charge in [0.05, 0.1) is 0 Å². The van der Waals surface area contributed by atoms with E-state index < -0.39 is 0 Å². The summed E-state index contributed by atoms with van der Waals surface area (Å²) in [6.45, 7) is 3.12. The minimum atomic E-state index is 0.322. The predicted molar refractivity (Wildman–Crippen MR) is 86.6 cm³/mol. The lowest BCUT2D eigenvalue weighted by Crippen LogP contribution is -2.33. The Labute approximate surface area is 127 Å². The molecule has 0 saturated carbocycles. The summed E-state index contributed by atoms with van der Waals surface area (Å²) in [6, 6.07) is 8.43. The summed E-state index contributed by atoms with van der Waals surface area (Å²) in [7, 11) is 0. The molecular weight excluding hydrogens is 260 g/mol. The van der Waals surface area contributed by atoms with Crippen molar-refractivity contribution >= 4 is 11.6 Å². The molecule has 1 fully saturated rings. The molecule has 0 aromatic heterocycles. The van der Waals surface area contributed by atoms with Crippen molar-refractivity contribution in [3.8, 4) is 0 Å². The monoisotopic (exact) mass is 286 g/mol. The van der Waals surface area contributed by atoms with Crippen LogP contribution < -0.4 is 10.2 Å². The van der Waals surface area contributed by atoms with Gasteiger partial charge in [0.2, 0.25) is 5.91 Å². The highest BCUT2D eigenvalue weighted by atomic mass is 16.2. The van der Waals surface area contributed by atoms with Gasteiger partial charge in [-0.3, -0.25) is 4.79 Å². The zero-order valence-electron chi connectivity index (χ0n) is 12.8. The Bertz CT molecular complexity index is 480. The van der Waals surface area contributed by atoms with Crippen LogP contribution in [0.2, 0.25) is 0 Å².